The molecule has 2 nitrogen and oxygen atoms in total. The van der Waals surface area contributed by atoms with Gasteiger partial charge in [-0.2, -0.15) is 5.10 Å². The molecule has 1 aromatic rings. The predicted octanol–water partition coefficient (Wildman–Crippen LogP) is 3.35. The van der Waals surface area contributed by atoms with Gasteiger partial charge in [0.25, 0.3) is 0 Å². The first-order chi connectivity index (χ1) is 6.70. The number of hydrogen-bond acceptors (Lipinski definition) is 1. The second-order valence-corrected chi connectivity index (χ2v) is 4.50. The lowest BCUT2D eigenvalue weighted by molar-refractivity contribution is 0.672. The number of hydrogen-bond donors (Lipinski definition) is 0. The van der Waals surface area contributed by atoms with E-state index in [-0.39, 0.29) is 0 Å². The Morgan fingerprint density at radius 1 is 1.43 bits per heavy atom. The van der Waals surface area contributed by atoms with Crippen LogP contribution < -0.4 is 0 Å². The Bertz CT molecular complexity index is 297. The highest BCUT2D eigenvalue weighted by Crippen LogP contribution is 2.22. The first-order valence-electron chi connectivity index (χ1n) is 4.96. The average Bonchev–Trinajstić information content (AvgIpc) is 2.45. The largest absolute Gasteiger partial charge is 0.271 e. The number of rotatable bonds is 5. The molecule has 0 aromatic carbocycles. The maximum Gasteiger partial charge on any atom is 0.0849 e. The first-order valence-corrected chi connectivity index (χ1v) is 6.46. The van der Waals surface area contributed by atoms with E-state index in [4.69, 9.17) is 11.6 Å². The molecule has 14 heavy (non-hydrogen) atoms. The van der Waals surface area contributed by atoms with Crippen LogP contribution in [0.25, 0.3) is 0 Å². The molecule has 0 atom stereocenters. The van der Waals surface area contributed by atoms with Crippen molar-refractivity contribution in [1.29, 1.82) is 0 Å². The van der Waals surface area contributed by atoms with Gasteiger partial charge in [0.15, 0.2) is 0 Å². The summed E-state index contributed by atoms with van der Waals surface area (Å²) in [5.74, 6) is 0. The van der Waals surface area contributed by atoms with Gasteiger partial charge in [-0.3, -0.25) is 4.68 Å². The molecule has 0 radical (unpaired) electrons. The fourth-order valence-electron chi connectivity index (χ4n) is 1.48. The number of aryl methyl sites for hydroxylation is 2. The van der Waals surface area contributed by atoms with E-state index >= 15 is 0 Å². The van der Waals surface area contributed by atoms with E-state index in [1.54, 1.807) is 0 Å². The Hall–Kier alpha value is -0.0200. The minimum Gasteiger partial charge on any atom is -0.271 e. The van der Waals surface area contributed by atoms with E-state index < -0.39 is 0 Å². The van der Waals surface area contributed by atoms with E-state index in [9.17, 15) is 0 Å². The molecule has 1 rings (SSSR count). The lowest BCUT2D eigenvalue weighted by Gasteiger charge is -2.01. The molecule has 1 aromatic heterocycles. The number of nitrogens with zero attached hydrogens (tertiary/aromatic N) is 2. The van der Waals surface area contributed by atoms with Gasteiger partial charge >= 0.3 is 0 Å². The SMILES string of the molecule is CCc1nn(C)c(CCCCBr)c1Cl. The zero-order chi connectivity index (χ0) is 10.6. The zero-order valence-electron chi connectivity index (χ0n) is 8.69. The minimum absolute atomic E-state index is 0.865. The molecular weight excluding hydrogens is 263 g/mol. The summed E-state index contributed by atoms with van der Waals surface area (Å²) in [6.07, 6.45) is 4.27. The van der Waals surface area contributed by atoms with E-state index in [1.165, 1.54) is 12.1 Å². The van der Waals surface area contributed by atoms with Crippen molar-refractivity contribution in [2.24, 2.45) is 7.05 Å². The van der Waals surface area contributed by atoms with Crippen molar-refractivity contribution in [2.75, 3.05) is 5.33 Å². The highest BCUT2D eigenvalue weighted by atomic mass is 79.9. The van der Waals surface area contributed by atoms with Gasteiger partial charge in [0.05, 0.1) is 16.4 Å². The molecule has 1 heterocycles. The molecule has 0 aliphatic heterocycles. The van der Waals surface area contributed by atoms with Gasteiger partial charge in [0.1, 0.15) is 0 Å². The Morgan fingerprint density at radius 3 is 2.64 bits per heavy atom. The molecule has 4 heteroatoms. The highest BCUT2D eigenvalue weighted by Gasteiger charge is 2.11. The number of alkyl halides is 1. The van der Waals surface area contributed by atoms with Gasteiger partial charge < -0.3 is 0 Å². The molecule has 0 saturated carbocycles. The average molecular weight is 280 g/mol. The molecule has 0 aliphatic rings. The van der Waals surface area contributed by atoms with E-state index in [0.29, 0.717) is 0 Å². The predicted molar refractivity (Wildman–Crippen MR) is 64.3 cm³/mol. The molecule has 0 aliphatic carbocycles. The van der Waals surface area contributed by atoms with Crippen LogP contribution in [-0.4, -0.2) is 15.1 Å². The smallest absolute Gasteiger partial charge is 0.0849 e. The van der Waals surface area contributed by atoms with Gasteiger partial charge in [-0.15, -0.1) is 0 Å². The zero-order valence-corrected chi connectivity index (χ0v) is 11.0. The third-order valence-corrected chi connectivity index (χ3v) is 3.30. The third kappa shape index (κ3) is 2.74. The van der Waals surface area contributed by atoms with E-state index in [0.717, 1.165) is 35.3 Å². The fourth-order valence-corrected chi connectivity index (χ4v) is 2.26. The molecule has 80 valence electrons. The highest BCUT2D eigenvalue weighted by molar-refractivity contribution is 9.09. The number of aromatic nitrogens is 2. The molecule has 0 N–H and O–H groups in total. The summed E-state index contributed by atoms with van der Waals surface area (Å²) in [6, 6.07) is 0. The van der Waals surface area contributed by atoms with Crippen LogP contribution in [0.15, 0.2) is 0 Å². The van der Waals surface area contributed by atoms with Crippen molar-refractivity contribution >= 4 is 27.5 Å². The van der Waals surface area contributed by atoms with Crippen LogP contribution >= 0.6 is 27.5 Å². The number of halogens is 2. The normalized spacial score (nSPS) is 10.9. The van der Waals surface area contributed by atoms with Gasteiger partial charge in [-0.1, -0.05) is 34.5 Å². The summed E-state index contributed by atoms with van der Waals surface area (Å²) in [7, 11) is 1.97. The Labute approximate surface area is 98.8 Å². The van der Waals surface area contributed by atoms with Crippen molar-refractivity contribution in [3.63, 3.8) is 0 Å². The summed E-state index contributed by atoms with van der Waals surface area (Å²) in [4.78, 5) is 0. The summed E-state index contributed by atoms with van der Waals surface area (Å²) in [5.41, 5.74) is 2.19. The van der Waals surface area contributed by atoms with Crippen molar-refractivity contribution in [2.45, 2.75) is 32.6 Å². The lowest BCUT2D eigenvalue weighted by atomic mass is 10.2. The van der Waals surface area contributed by atoms with Crippen molar-refractivity contribution in [3.8, 4) is 0 Å². The summed E-state index contributed by atoms with van der Waals surface area (Å²) in [6.45, 7) is 2.08. The maximum atomic E-state index is 6.21. The summed E-state index contributed by atoms with van der Waals surface area (Å²) < 4.78 is 1.91. The van der Waals surface area contributed by atoms with Crippen LogP contribution in [0.2, 0.25) is 5.02 Å². The van der Waals surface area contributed by atoms with Crippen molar-refractivity contribution < 1.29 is 0 Å². The molecule has 0 bridgehead atoms. The summed E-state index contributed by atoms with van der Waals surface area (Å²) >= 11 is 9.64. The van der Waals surface area contributed by atoms with Gasteiger partial charge in [-0.25, -0.2) is 0 Å². The van der Waals surface area contributed by atoms with Crippen molar-refractivity contribution in [1.82, 2.24) is 9.78 Å². The Morgan fingerprint density at radius 2 is 2.14 bits per heavy atom. The number of unbranched alkanes of at least 4 members (excludes halogenated alkanes) is 1. The van der Waals surface area contributed by atoms with Gasteiger partial charge in [0, 0.05) is 12.4 Å². The minimum atomic E-state index is 0.865. The molecule has 0 unspecified atom stereocenters. The Kier molecular flexibility index (Phi) is 4.96. The standard InChI is InChI=1S/C10H16BrClN2/c1-3-8-10(12)9(14(2)13-8)6-4-5-7-11/h3-7H2,1-2H3. The van der Waals surface area contributed by atoms with Crippen LogP contribution in [0, 0.1) is 0 Å². The van der Waals surface area contributed by atoms with Crippen LogP contribution in [-0.2, 0) is 19.9 Å². The maximum absolute atomic E-state index is 6.21. The third-order valence-electron chi connectivity index (χ3n) is 2.30. The molecule has 0 spiro atoms. The van der Waals surface area contributed by atoms with Crippen LogP contribution in [0.4, 0.5) is 0 Å². The second-order valence-electron chi connectivity index (χ2n) is 3.33. The first kappa shape index (κ1) is 12.1. The van der Waals surface area contributed by atoms with Crippen LogP contribution in [0.1, 0.15) is 31.2 Å². The lowest BCUT2D eigenvalue weighted by Crippen LogP contribution is -1.98. The van der Waals surface area contributed by atoms with Crippen LogP contribution in [0.3, 0.4) is 0 Å². The van der Waals surface area contributed by atoms with Crippen LogP contribution in [0.5, 0.6) is 0 Å². The van der Waals surface area contributed by atoms with Crippen molar-refractivity contribution in [3.05, 3.63) is 16.4 Å². The second kappa shape index (κ2) is 5.76. The fraction of sp³-hybridized carbons (Fsp3) is 0.700. The molecular formula is C10H16BrClN2. The molecule has 0 fully saturated rings. The summed E-state index contributed by atoms with van der Waals surface area (Å²) in [5, 5.41) is 6.30. The van der Waals surface area contributed by atoms with E-state index in [1.807, 2.05) is 11.7 Å². The van der Waals surface area contributed by atoms with Gasteiger partial charge in [0.2, 0.25) is 0 Å². The van der Waals surface area contributed by atoms with Gasteiger partial charge in [-0.05, 0) is 25.7 Å². The molecule has 0 saturated heterocycles. The molecule has 0 amide bonds. The monoisotopic (exact) mass is 278 g/mol. The quantitative estimate of drug-likeness (QED) is 0.597. The Balaban J connectivity index is 2.70. The van der Waals surface area contributed by atoms with E-state index in [2.05, 4.69) is 28.0 Å². The topological polar surface area (TPSA) is 17.8 Å².